The highest BCUT2D eigenvalue weighted by Gasteiger charge is 2.34. The first kappa shape index (κ1) is 15.9. The lowest BCUT2D eigenvalue weighted by Gasteiger charge is -2.23. The van der Waals surface area contributed by atoms with Crippen LogP contribution in [-0.4, -0.2) is 37.5 Å². The molecule has 1 aliphatic rings. The fourth-order valence-electron chi connectivity index (χ4n) is 2.71. The average Bonchev–Trinajstić information content (AvgIpc) is 2.90. The zero-order chi connectivity index (χ0) is 14.8. The SMILES string of the molecule is Cc1csc(CC(CNC(C)C)C2CCS(=O)(=O)C2)n1. The first-order valence-corrected chi connectivity index (χ1v) is 9.90. The molecule has 1 aromatic heterocycles. The van der Waals surface area contributed by atoms with E-state index < -0.39 is 9.84 Å². The lowest BCUT2D eigenvalue weighted by Crippen LogP contribution is -2.34. The molecule has 1 N–H and O–H groups in total. The predicted octanol–water partition coefficient (Wildman–Crippen LogP) is 2.04. The van der Waals surface area contributed by atoms with Crippen molar-refractivity contribution in [3.8, 4) is 0 Å². The Kier molecular flexibility index (Phi) is 5.20. The monoisotopic (exact) mass is 316 g/mol. The van der Waals surface area contributed by atoms with Gasteiger partial charge in [-0.3, -0.25) is 0 Å². The summed E-state index contributed by atoms with van der Waals surface area (Å²) in [6.07, 6.45) is 1.69. The highest BCUT2D eigenvalue weighted by atomic mass is 32.2. The second kappa shape index (κ2) is 6.54. The van der Waals surface area contributed by atoms with Gasteiger partial charge in [0.25, 0.3) is 0 Å². The molecule has 20 heavy (non-hydrogen) atoms. The molecular formula is C14H24N2O2S2. The van der Waals surface area contributed by atoms with Gasteiger partial charge in [0.15, 0.2) is 9.84 Å². The molecule has 2 heterocycles. The molecule has 0 spiro atoms. The average molecular weight is 316 g/mol. The standard InChI is InChI=1S/C14H24N2O2S2/c1-10(2)15-7-13(6-14-16-11(3)8-19-14)12-4-5-20(17,18)9-12/h8,10,12-13,15H,4-7,9H2,1-3H3. The second-order valence-corrected chi connectivity index (χ2v) is 9.24. The molecule has 1 aromatic rings. The van der Waals surface area contributed by atoms with E-state index in [1.807, 2.05) is 6.92 Å². The highest BCUT2D eigenvalue weighted by molar-refractivity contribution is 7.91. The van der Waals surface area contributed by atoms with Crippen LogP contribution >= 0.6 is 11.3 Å². The Labute approximate surface area is 125 Å². The number of nitrogens with zero attached hydrogens (tertiary/aromatic N) is 1. The summed E-state index contributed by atoms with van der Waals surface area (Å²) in [6.45, 7) is 7.11. The molecule has 0 aromatic carbocycles. The van der Waals surface area contributed by atoms with E-state index in [0.717, 1.165) is 30.1 Å². The Balaban J connectivity index is 2.04. The molecule has 4 nitrogen and oxygen atoms in total. The maximum atomic E-state index is 11.7. The quantitative estimate of drug-likeness (QED) is 0.872. The van der Waals surface area contributed by atoms with Crippen molar-refractivity contribution in [1.29, 1.82) is 0 Å². The van der Waals surface area contributed by atoms with Crippen LogP contribution in [0.15, 0.2) is 5.38 Å². The lowest BCUT2D eigenvalue weighted by atomic mass is 9.89. The van der Waals surface area contributed by atoms with E-state index >= 15 is 0 Å². The van der Waals surface area contributed by atoms with E-state index in [1.165, 1.54) is 0 Å². The van der Waals surface area contributed by atoms with Gasteiger partial charge in [-0.05, 0) is 31.7 Å². The van der Waals surface area contributed by atoms with Gasteiger partial charge in [-0.1, -0.05) is 13.8 Å². The second-order valence-electron chi connectivity index (χ2n) is 6.07. The summed E-state index contributed by atoms with van der Waals surface area (Å²) in [4.78, 5) is 4.53. The zero-order valence-electron chi connectivity index (χ0n) is 12.4. The largest absolute Gasteiger partial charge is 0.314 e. The molecule has 0 amide bonds. The molecule has 0 saturated carbocycles. The number of hydrogen-bond acceptors (Lipinski definition) is 5. The van der Waals surface area contributed by atoms with Crippen molar-refractivity contribution in [2.75, 3.05) is 18.1 Å². The Morgan fingerprint density at radius 1 is 1.50 bits per heavy atom. The van der Waals surface area contributed by atoms with Crippen molar-refractivity contribution < 1.29 is 8.42 Å². The molecule has 6 heteroatoms. The number of nitrogens with one attached hydrogen (secondary N) is 1. The van der Waals surface area contributed by atoms with E-state index in [0.29, 0.717) is 23.5 Å². The van der Waals surface area contributed by atoms with Crippen LogP contribution in [-0.2, 0) is 16.3 Å². The van der Waals surface area contributed by atoms with Gasteiger partial charge in [0.1, 0.15) is 0 Å². The summed E-state index contributed by atoms with van der Waals surface area (Å²) in [5, 5.41) is 6.65. The third kappa shape index (κ3) is 4.53. The molecule has 1 saturated heterocycles. The molecule has 0 bridgehead atoms. The Bertz CT molecular complexity index is 537. The minimum atomic E-state index is -2.81. The van der Waals surface area contributed by atoms with Crippen LogP contribution in [0, 0.1) is 18.8 Å². The third-order valence-electron chi connectivity index (χ3n) is 3.83. The van der Waals surface area contributed by atoms with Crippen LogP contribution in [0.3, 0.4) is 0 Å². The van der Waals surface area contributed by atoms with Gasteiger partial charge >= 0.3 is 0 Å². The van der Waals surface area contributed by atoms with Gasteiger partial charge in [-0.15, -0.1) is 11.3 Å². The fourth-order valence-corrected chi connectivity index (χ4v) is 5.49. The van der Waals surface area contributed by atoms with E-state index in [-0.39, 0.29) is 5.92 Å². The van der Waals surface area contributed by atoms with Crippen molar-refractivity contribution in [2.24, 2.45) is 11.8 Å². The number of rotatable bonds is 6. The normalized spacial score (nSPS) is 23.3. The molecule has 2 unspecified atom stereocenters. The fraction of sp³-hybridized carbons (Fsp3) is 0.786. The summed E-state index contributed by atoms with van der Waals surface area (Å²) in [6, 6.07) is 0.425. The van der Waals surface area contributed by atoms with Gasteiger partial charge in [-0.25, -0.2) is 13.4 Å². The minimum absolute atomic E-state index is 0.274. The summed E-state index contributed by atoms with van der Waals surface area (Å²) in [5.74, 6) is 1.34. The van der Waals surface area contributed by atoms with Crippen LogP contribution in [0.25, 0.3) is 0 Å². The molecule has 2 atom stereocenters. The number of hydrogen-bond donors (Lipinski definition) is 1. The minimum Gasteiger partial charge on any atom is -0.314 e. The van der Waals surface area contributed by atoms with Crippen molar-refractivity contribution in [3.05, 3.63) is 16.1 Å². The number of thiazole rings is 1. The first-order chi connectivity index (χ1) is 9.35. The maximum absolute atomic E-state index is 11.7. The van der Waals surface area contributed by atoms with E-state index in [1.54, 1.807) is 11.3 Å². The number of aromatic nitrogens is 1. The molecule has 2 rings (SSSR count). The smallest absolute Gasteiger partial charge is 0.150 e. The van der Waals surface area contributed by atoms with Gasteiger partial charge in [0.05, 0.1) is 16.5 Å². The van der Waals surface area contributed by atoms with E-state index in [9.17, 15) is 8.42 Å². The highest BCUT2D eigenvalue weighted by Crippen LogP contribution is 2.29. The van der Waals surface area contributed by atoms with Gasteiger partial charge in [-0.2, -0.15) is 0 Å². The Morgan fingerprint density at radius 3 is 2.75 bits per heavy atom. The molecule has 1 fully saturated rings. The van der Waals surface area contributed by atoms with Crippen LogP contribution in [0.2, 0.25) is 0 Å². The van der Waals surface area contributed by atoms with Crippen LogP contribution in [0.5, 0.6) is 0 Å². The van der Waals surface area contributed by atoms with Crippen molar-refractivity contribution >= 4 is 21.2 Å². The summed E-state index contributed by atoms with van der Waals surface area (Å²) < 4.78 is 23.4. The van der Waals surface area contributed by atoms with Crippen molar-refractivity contribution in [3.63, 3.8) is 0 Å². The molecule has 114 valence electrons. The first-order valence-electron chi connectivity index (χ1n) is 7.20. The van der Waals surface area contributed by atoms with Crippen LogP contribution in [0.4, 0.5) is 0 Å². The van der Waals surface area contributed by atoms with Crippen molar-refractivity contribution in [1.82, 2.24) is 10.3 Å². The summed E-state index contributed by atoms with van der Waals surface area (Å²) in [5.41, 5.74) is 1.06. The molecular weight excluding hydrogens is 292 g/mol. The van der Waals surface area contributed by atoms with Gasteiger partial charge < -0.3 is 5.32 Å². The zero-order valence-corrected chi connectivity index (χ0v) is 14.1. The van der Waals surface area contributed by atoms with E-state index in [4.69, 9.17) is 0 Å². The Morgan fingerprint density at radius 2 is 2.25 bits per heavy atom. The molecule has 0 aliphatic carbocycles. The number of sulfone groups is 1. The van der Waals surface area contributed by atoms with Crippen LogP contribution in [0.1, 0.15) is 31.0 Å². The third-order valence-corrected chi connectivity index (χ3v) is 6.61. The summed E-state index contributed by atoms with van der Waals surface area (Å²) in [7, 11) is -2.81. The molecule has 0 radical (unpaired) electrons. The maximum Gasteiger partial charge on any atom is 0.150 e. The van der Waals surface area contributed by atoms with E-state index in [2.05, 4.69) is 29.5 Å². The summed E-state index contributed by atoms with van der Waals surface area (Å²) >= 11 is 1.68. The van der Waals surface area contributed by atoms with Gasteiger partial charge in [0.2, 0.25) is 0 Å². The lowest BCUT2D eigenvalue weighted by molar-refractivity contribution is 0.333. The number of aryl methyl sites for hydroxylation is 1. The topological polar surface area (TPSA) is 59.1 Å². The van der Waals surface area contributed by atoms with Crippen LogP contribution < -0.4 is 5.32 Å². The molecule has 1 aliphatic heterocycles. The van der Waals surface area contributed by atoms with Gasteiger partial charge in [0, 0.05) is 23.5 Å². The Hall–Kier alpha value is -0.460. The predicted molar refractivity (Wildman–Crippen MR) is 83.9 cm³/mol. The van der Waals surface area contributed by atoms with Crippen molar-refractivity contribution in [2.45, 2.75) is 39.7 Å².